The zero-order valence-corrected chi connectivity index (χ0v) is 12.1. The molecule has 0 radical (unpaired) electrons. The van der Waals surface area contributed by atoms with E-state index < -0.39 is 0 Å². The van der Waals surface area contributed by atoms with Gasteiger partial charge in [-0.05, 0) is 45.6 Å². The van der Waals surface area contributed by atoms with Gasteiger partial charge in [0.2, 0.25) is 0 Å². The summed E-state index contributed by atoms with van der Waals surface area (Å²) in [7, 11) is 0. The second-order valence-corrected chi connectivity index (χ2v) is 6.53. The molecule has 2 nitrogen and oxygen atoms in total. The quantitative estimate of drug-likeness (QED) is 0.887. The first-order chi connectivity index (χ1) is 8.19. The fourth-order valence-electron chi connectivity index (χ4n) is 2.82. The van der Waals surface area contributed by atoms with E-state index in [1.54, 1.807) is 0 Å². The molecule has 17 heavy (non-hydrogen) atoms. The van der Waals surface area contributed by atoms with Gasteiger partial charge in [0.1, 0.15) is 0 Å². The fourth-order valence-corrected chi connectivity index (χ4v) is 3.87. The van der Waals surface area contributed by atoms with E-state index >= 15 is 0 Å². The lowest BCUT2D eigenvalue weighted by Crippen LogP contribution is -2.34. The summed E-state index contributed by atoms with van der Waals surface area (Å²) in [6.45, 7) is 7.61. The highest BCUT2D eigenvalue weighted by atomic mass is 32.1. The highest BCUT2D eigenvalue weighted by molar-refractivity contribution is 7.11. The van der Waals surface area contributed by atoms with Gasteiger partial charge in [-0.25, -0.2) is 4.98 Å². The minimum absolute atomic E-state index is 0.751. The van der Waals surface area contributed by atoms with Gasteiger partial charge >= 0.3 is 0 Å². The van der Waals surface area contributed by atoms with E-state index in [2.05, 4.69) is 31.1 Å². The summed E-state index contributed by atoms with van der Waals surface area (Å²) in [4.78, 5) is 6.06. The Balaban J connectivity index is 1.90. The van der Waals surface area contributed by atoms with Gasteiger partial charge < -0.3 is 5.32 Å². The van der Waals surface area contributed by atoms with E-state index in [1.165, 1.54) is 47.7 Å². The lowest BCUT2D eigenvalue weighted by Gasteiger charge is -2.29. The van der Waals surface area contributed by atoms with E-state index in [1.807, 2.05) is 11.3 Å². The standard InChI is InChI=1S/C14H24N2S/c1-4-15-13-7-5-6-12(8-13)9-14-16-10(2)11(3)17-14/h12-13,15H,4-9H2,1-3H3. The van der Waals surface area contributed by atoms with Gasteiger partial charge in [-0.15, -0.1) is 11.3 Å². The Kier molecular flexibility index (Phi) is 4.57. The molecule has 1 N–H and O–H groups in total. The number of nitrogens with zero attached hydrogens (tertiary/aromatic N) is 1. The molecule has 1 saturated carbocycles. The average Bonchev–Trinajstić information content (AvgIpc) is 2.59. The average molecular weight is 252 g/mol. The lowest BCUT2D eigenvalue weighted by atomic mass is 9.84. The van der Waals surface area contributed by atoms with Crippen LogP contribution in [0.25, 0.3) is 0 Å². The number of thiazole rings is 1. The molecule has 1 aromatic rings. The number of aryl methyl sites for hydroxylation is 2. The Hall–Kier alpha value is -0.410. The summed E-state index contributed by atoms with van der Waals surface area (Å²) in [5.74, 6) is 0.845. The Morgan fingerprint density at radius 3 is 2.82 bits per heavy atom. The number of rotatable bonds is 4. The summed E-state index contributed by atoms with van der Waals surface area (Å²) in [6, 6.07) is 0.751. The Morgan fingerprint density at radius 1 is 1.35 bits per heavy atom. The summed E-state index contributed by atoms with van der Waals surface area (Å²) >= 11 is 1.89. The van der Waals surface area contributed by atoms with Gasteiger partial charge in [0, 0.05) is 17.3 Å². The highest BCUT2D eigenvalue weighted by Crippen LogP contribution is 2.29. The third-order valence-corrected chi connectivity index (χ3v) is 4.91. The molecule has 0 aromatic carbocycles. The maximum absolute atomic E-state index is 4.67. The molecule has 1 aromatic heterocycles. The van der Waals surface area contributed by atoms with Crippen molar-refractivity contribution in [3.05, 3.63) is 15.6 Å². The van der Waals surface area contributed by atoms with Gasteiger partial charge in [0.05, 0.1) is 10.7 Å². The van der Waals surface area contributed by atoms with Crippen LogP contribution >= 0.6 is 11.3 Å². The number of hydrogen-bond donors (Lipinski definition) is 1. The summed E-state index contributed by atoms with van der Waals surface area (Å²) in [5.41, 5.74) is 1.23. The molecule has 2 unspecified atom stereocenters. The molecule has 0 saturated heterocycles. The lowest BCUT2D eigenvalue weighted by molar-refractivity contribution is 0.287. The third kappa shape index (κ3) is 3.52. The summed E-state index contributed by atoms with van der Waals surface area (Å²) in [6.07, 6.45) is 6.66. The number of nitrogens with one attached hydrogen (secondary N) is 1. The van der Waals surface area contributed by atoms with Crippen molar-refractivity contribution in [1.82, 2.24) is 10.3 Å². The van der Waals surface area contributed by atoms with E-state index in [0.717, 1.165) is 18.5 Å². The van der Waals surface area contributed by atoms with Gasteiger partial charge in [-0.3, -0.25) is 0 Å². The first-order valence-electron chi connectivity index (χ1n) is 6.85. The molecule has 0 aliphatic heterocycles. The molecule has 0 amide bonds. The molecule has 0 spiro atoms. The Morgan fingerprint density at radius 2 is 2.18 bits per heavy atom. The van der Waals surface area contributed by atoms with Crippen molar-refractivity contribution in [2.45, 2.75) is 58.9 Å². The zero-order chi connectivity index (χ0) is 12.3. The Bertz CT molecular complexity index is 338. The molecule has 0 bridgehead atoms. The van der Waals surface area contributed by atoms with Crippen molar-refractivity contribution in [1.29, 1.82) is 0 Å². The molecular formula is C14H24N2S. The van der Waals surface area contributed by atoms with Crippen LogP contribution in [-0.4, -0.2) is 17.6 Å². The first kappa shape index (κ1) is 13.0. The molecular weight excluding hydrogens is 228 g/mol. The predicted octanol–water partition coefficient (Wildman–Crippen LogP) is 3.47. The highest BCUT2D eigenvalue weighted by Gasteiger charge is 2.22. The minimum atomic E-state index is 0.751. The molecule has 1 aliphatic carbocycles. The van der Waals surface area contributed by atoms with Crippen LogP contribution in [0.2, 0.25) is 0 Å². The zero-order valence-electron chi connectivity index (χ0n) is 11.3. The van der Waals surface area contributed by atoms with Crippen LogP contribution in [0.5, 0.6) is 0 Å². The normalized spacial score (nSPS) is 25.1. The largest absolute Gasteiger partial charge is 0.314 e. The van der Waals surface area contributed by atoms with E-state index in [9.17, 15) is 0 Å². The van der Waals surface area contributed by atoms with Crippen molar-refractivity contribution in [2.75, 3.05) is 6.54 Å². The van der Waals surface area contributed by atoms with Gasteiger partial charge in [-0.1, -0.05) is 13.3 Å². The monoisotopic (exact) mass is 252 g/mol. The smallest absolute Gasteiger partial charge is 0.0933 e. The van der Waals surface area contributed by atoms with Gasteiger partial charge in [0.15, 0.2) is 0 Å². The maximum atomic E-state index is 4.67. The molecule has 96 valence electrons. The van der Waals surface area contributed by atoms with E-state index in [-0.39, 0.29) is 0 Å². The third-order valence-electron chi connectivity index (χ3n) is 3.81. The molecule has 1 heterocycles. The maximum Gasteiger partial charge on any atom is 0.0933 e. The topological polar surface area (TPSA) is 24.9 Å². The second kappa shape index (κ2) is 5.96. The van der Waals surface area contributed by atoms with Crippen molar-refractivity contribution >= 4 is 11.3 Å². The van der Waals surface area contributed by atoms with Crippen LogP contribution in [0, 0.1) is 19.8 Å². The molecule has 1 fully saturated rings. The number of hydrogen-bond acceptors (Lipinski definition) is 3. The van der Waals surface area contributed by atoms with Crippen molar-refractivity contribution in [3.63, 3.8) is 0 Å². The molecule has 1 aliphatic rings. The van der Waals surface area contributed by atoms with E-state index in [4.69, 9.17) is 0 Å². The summed E-state index contributed by atoms with van der Waals surface area (Å²) in [5, 5.41) is 4.95. The summed E-state index contributed by atoms with van der Waals surface area (Å²) < 4.78 is 0. The van der Waals surface area contributed by atoms with Crippen LogP contribution in [0.3, 0.4) is 0 Å². The molecule has 3 heteroatoms. The molecule has 2 atom stereocenters. The second-order valence-electron chi connectivity index (χ2n) is 5.24. The van der Waals surface area contributed by atoms with Crippen LogP contribution in [-0.2, 0) is 6.42 Å². The van der Waals surface area contributed by atoms with Crippen LogP contribution < -0.4 is 5.32 Å². The first-order valence-corrected chi connectivity index (χ1v) is 7.67. The number of aromatic nitrogens is 1. The predicted molar refractivity (Wildman–Crippen MR) is 74.7 cm³/mol. The van der Waals surface area contributed by atoms with Gasteiger partial charge in [-0.2, -0.15) is 0 Å². The van der Waals surface area contributed by atoms with E-state index in [0.29, 0.717) is 0 Å². The van der Waals surface area contributed by atoms with Crippen molar-refractivity contribution in [3.8, 4) is 0 Å². The molecule has 2 rings (SSSR count). The Labute approximate surface area is 109 Å². The van der Waals surface area contributed by atoms with Crippen LogP contribution in [0.1, 0.15) is 48.2 Å². The van der Waals surface area contributed by atoms with Crippen LogP contribution in [0.4, 0.5) is 0 Å². The minimum Gasteiger partial charge on any atom is -0.314 e. The fraction of sp³-hybridized carbons (Fsp3) is 0.786. The van der Waals surface area contributed by atoms with Crippen molar-refractivity contribution in [2.24, 2.45) is 5.92 Å². The van der Waals surface area contributed by atoms with Crippen LogP contribution in [0.15, 0.2) is 0 Å². The van der Waals surface area contributed by atoms with Gasteiger partial charge in [0.25, 0.3) is 0 Å². The van der Waals surface area contributed by atoms with Crippen molar-refractivity contribution < 1.29 is 0 Å². The SMILES string of the molecule is CCNC1CCCC(Cc2nc(C)c(C)s2)C1.